The minimum atomic E-state index is -0.420. The van der Waals surface area contributed by atoms with E-state index < -0.39 is 5.97 Å². The van der Waals surface area contributed by atoms with Gasteiger partial charge in [0, 0.05) is 5.56 Å². The van der Waals surface area contributed by atoms with Gasteiger partial charge in [0.1, 0.15) is 4.88 Å². The van der Waals surface area contributed by atoms with Gasteiger partial charge in [-0.3, -0.25) is 0 Å². The molecule has 0 unspecified atom stereocenters. The van der Waals surface area contributed by atoms with Crippen molar-refractivity contribution in [1.82, 2.24) is 10.1 Å². The highest BCUT2D eigenvalue weighted by Gasteiger charge is 2.14. The standard InChI is InChI=1S/C16H14N2O5S/c1-20-11-6-5-10(8-12(11)21-2)15-17-14(23-18-15)9-22-16(19)13-4-3-7-24-13/h3-8H,9H2,1-2H3. The van der Waals surface area contributed by atoms with Crippen LogP contribution in [0.25, 0.3) is 11.4 Å². The number of rotatable bonds is 6. The molecule has 0 aliphatic heterocycles. The van der Waals surface area contributed by atoms with Crippen LogP contribution in [0.5, 0.6) is 11.5 Å². The Morgan fingerprint density at radius 1 is 1.21 bits per heavy atom. The average molecular weight is 346 g/mol. The Labute approximate surface area is 141 Å². The molecule has 0 amide bonds. The van der Waals surface area contributed by atoms with E-state index in [4.69, 9.17) is 18.7 Å². The lowest BCUT2D eigenvalue weighted by atomic mass is 10.2. The normalized spacial score (nSPS) is 10.4. The molecule has 8 heteroatoms. The van der Waals surface area contributed by atoms with E-state index in [1.165, 1.54) is 11.3 Å². The van der Waals surface area contributed by atoms with Crippen LogP contribution in [0.4, 0.5) is 0 Å². The molecule has 0 saturated heterocycles. The number of ether oxygens (including phenoxy) is 3. The van der Waals surface area contributed by atoms with E-state index in [1.807, 2.05) is 0 Å². The largest absolute Gasteiger partial charge is 0.493 e. The van der Waals surface area contributed by atoms with Crippen molar-refractivity contribution >= 4 is 17.3 Å². The zero-order valence-electron chi connectivity index (χ0n) is 13.0. The zero-order valence-corrected chi connectivity index (χ0v) is 13.8. The number of benzene rings is 1. The van der Waals surface area contributed by atoms with Gasteiger partial charge in [-0.25, -0.2) is 4.79 Å². The molecule has 3 aromatic rings. The van der Waals surface area contributed by atoms with Crippen LogP contribution in [0.2, 0.25) is 0 Å². The summed E-state index contributed by atoms with van der Waals surface area (Å²) < 4.78 is 20.7. The van der Waals surface area contributed by atoms with E-state index in [-0.39, 0.29) is 12.5 Å². The number of carbonyl (C=O) groups is 1. The van der Waals surface area contributed by atoms with Gasteiger partial charge in [0.25, 0.3) is 5.89 Å². The van der Waals surface area contributed by atoms with Crippen LogP contribution in [0.3, 0.4) is 0 Å². The molecule has 0 bridgehead atoms. The lowest BCUT2D eigenvalue weighted by Crippen LogP contribution is -2.03. The molecule has 24 heavy (non-hydrogen) atoms. The summed E-state index contributed by atoms with van der Waals surface area (Å²) in [5.74, 6) is 1.33. The van der Waals surface area contributed by atoms with Gasteiger partial charge in [-0.15, -0.1) is 11.3 Å². The molecule has 2 heterocycles. The Balaban J connectivity index is 1.70. The fraction of sp³-hybridized carbons (Fsp3) is 0.188. The van der Waals surface area contributed by atoms with Crippen LogP contribution in [0.1, 0.15) is 15.6 Å². The number of carbonyl (C=O) groups excluding carboxylic acids is 1. The number of aromatic nitrogens is 2. The van der Waals surface area contributed by atoms with Gasteiger partial charge >= 0.3 is 5.97 Å². The van der Waals surface area contributed by atoms with Crippen LogP contribution in [-0.2, 0) is 11.3 Å². The van der Waals surface area contributed by atoms with Gasteiger partial charge < -0.3 is 18.7 Å². The van der Waals surface area contributed by atoms with Crippen molar-refractivity contribution in [3.63, 3.8) is 0 Å². The van der Waals surface area contributed by atoms with Gasteiger partial charge in [0.15, 0.2) is 18.1 Å². The summed E-state index contributed by atoms with van der Waals surface area (Å²) in [6.45, 7) is -0.0863. The second-order valence-corrected chi connectivity index (χ2v) is 5.58. The van der Waals surface area contributed by atoms with E-state index in [0.29, 0.717) is 27.8 Å². The summed E-state index contributed by atoms with van der Waals surface area (Å²) in [6.07, 6.45) is 0. The molecule has 124 valence electrons. The van der Waals surface area contributed by atoms with E-state index in [1.54, 1.807) is 49.9 Å². The number of hydrogen-bond donors (Lipinski definition) is 0. The summed E-state index contributed by atoms with van der Waals surface area (Å²) in [7, 11) is 3.11. The van der Waals surface area contributed by atoms with Crippen molar-refractivity contribution in [2.75, 3.05) is 14.2 Å². The molecular weight excluding hydrogens is 332 g/mol. The summed E-state index contributed by atoms with van der Waals surface area (Å²) in [5, 5.41) is 5.69. The number of esters is 1. The van der Waals surface area contributed by atoms with Crippen LogP contribution in [0, 0.1) is 0 Å². The van der Waals surface area contributed by atoms with Gasteiger partial charge in [0.2, 0.25) is 5.82 Å². The lowest BCUT2D eigenvalue weighted by molar-refractivity contribution is 0.0435. The maximum atomic E-state index is 11.8. The topological polar surface area (TPSA) is 83.7 Å². The van der Waals surface area contributed by atoms with Gasteiger partial charge in [-0.05, 0) is 29.6 Å². The molecule has 0 N–H and O–H groups in total. The van der Waals surface area contributed by atoms with Gasteiger partial charge in [-0.1, -0.05) is 11.2 Å². The maximum Gasteiger partial charge on any atom is 0.348 e. The highest BCUT2D eigenvalue weighted by atomic mass is 32.1. The molecular formula is C16H14N2O5S. The third kappa shape index (κ3) is 3.38. The number of methoxy groups -OCH3 is 2. The number of hydrogen-bond acceptors (Lipinski definition) is 8. The Hall–Kier alpha value is -2.87. The predicted molar refractivity (Wildman–Crippen MR) is 86.3 cm³/mol. The van der Waals surface area contributed by atoms with Crippen molar-refractivity contribution in [2.24, 2.45) is 0 Å². The van der Waals surface area contributed by atoms with Crippen molar-refractivity contribution in [1.29, 1.82) is 0 Å². The highest BCUT2D eigenvalue weighted by molar-refractivity contribution is 7.11. The second-order valence-electron chi connectivity index (χ2n) is 4.63. The molecule has 1 aromatic carbocycles. The third-order valence-corrected chi connectivity index (χ3v) is 4.01. The molecule has 0 aliphatic rings. The monoisotopic (exact) mass is 346 g/mol. The Bertz CT molecular complexity index is 829. The van der Waals surface area contributed by atoms with Gasteiger partial charge in [-0.2, -0.15) is 4.98 Å². The highest BCUT2D eigenvalue weighted by Crippen LogP contribution is 2.31. The Morgan fingerprint density at radius 2 is 2.04 bits per heavy atom. The quantitative estimate of drug-likeness (QED) is 0.634. The van der Waals surface area contributed by atoms with Crippen LogP contribution < -0.4 is 9.47 Å². The second kappa shape index (κ2) is 7.14. The summed E-state index contributed by atoms with van der Waals surface area (Å²) in [5.41, 5.74) is 0.701. The van der Waals surface area contributed by atoms with Crippen molar-refractivity contribution in [2.45, 2.75) is 6.61 Å². The summed E-state index contributed by atoms with van der Waals surface area (Å²) in [6, 6.07) is 8.75. The molecule has 0 fully saturated rings. The van der Waals surface area contributed by atoms with E-state index in [9.17, 15) is 4.79 Å². The SMILES string of the molecule is COc1ccc(-c2noc(COC(=O)c3cccs3)n2)cc1OC. The smallest absolute Gasteiger partial charge is 0.348 e. The first-order chi connectivity index (χ1) is 11.7. The van der Waals surface area contributed by atoms with E-state index in [2.05, 4.69) is 10.1 Å². The summed E-state index contributed by atoms with van der Waals surface area (Å²) >= 11 is 1.31. The predicted octanol–water partition coefficient (Wildman–Crippen LogP) is 3.17. The third-order valence-electron chi connectivity index (χ3n) is 3.16. The number of thiophene rings is 1. The van der Waals surface area contributed by atoms with E-state index >= 15 is 0 Å². The number of nitrogens with zero attached hydrogens (tertiary/aromatic N) is 2. The zero-order chi connectivity index (χ0) is 16.9. The molecule has 0 atom stereocenters. The Kier molecular flexibility index (Phi) is 4.76. The minimum absolute atomic E-state index is 0.0863. The average Bonchev–Trinajstić information content (AvgIpc) is 3.30. The maximum absolute atomic E-state index is 11.8. The van der Waals surface area contributed by atoms with Crippen LogP contribution >= 0.6 is 11.3 Å². The Morgan fingerprint density at radius 3 is 2.75 bits per heavy atom. The molecule has 0 aliphatic carbocycles. The van der Waals surface area contributed by atoms with Gasteiger partial charge in [0.05, 0.1) is 14.2 Å². The molecule has 7 nitrogen and oxygen atoms in total. The fourth-order valence-electron chi connectivity index (χ4n) is 2.00. The molecule has 0 spiro atoms. The molecule has 2 aromatic heterocycles. The fourth-order valence-corrected chi connectivity index (χ4v) is 2.62. The molecule has 0 radical (unpaired) electrons. The van der Waals surface area contributed by atoms with E-state index in [0.717, 1.165) is 0 Å². The minimum Gasteiger partial charge on any atom is -0.493 e. The van der Waals surface area contributed by atoms with Crippen molar-refractivity contribution in [3.05, 3.63) is 46.5 Å². The molecule has 0 saturated carbocycles. The van der Waals surface area contributed by atoms with Crippen molar-refractivity contribution < 1.29 is 23.5 Å². The lowest BCUT2D eigenvalue weighted by Gasteiger charge is -2.07. The first kappa shape index (κ1) is 16.0. The first-order valence-corrected chi connectivity index (χ1v) is 7.85. The molecule has 3 rings (SSSR count). The summed E-state index contributed by atoms with van der Waals surface area (Å²) in [4.78, 5) is 16.5. The first-order valence-electron chi connectivity index (χ1n) is 6.97. The van der Waals surface area contributed by atoms with Crippen LogP contribution in [-0.4, -0.2) is 30.3 Å². The van der Waals surface area contributed by atoms with Crippen molar-refractivity contribution in [3.8, 4) is 22.9 Å². The van der Waals surface area contributed by atoms with Crippen LogP contribution in [0.15, 0.2) is 40.2 Å².